The molecule has 1 aromatic rings. The molecule has 1 rings (SSSR count). The Morgan fingerprint density at radius 3 is 2.37 bits per heavy atom. The average molecular weight is 267 g/mol. The van der Waals surface area contributed by atoms with Crippen LogP contribution < -0.4 is 10.6 Å². The lowest BCUT2D eigenvalue weighted by Gasteiger charge is -2.28. The zero-order chi connectivity index (χ0) is 14.6. The first kappa shape index (κ1) is 15.8. The summed E-state index contributed by atoms with van der Waals surface area (Å²) in [6, 6.07) is 0. The number of nitrogen functional groups attached to an aromatic ring is 1. The van der Waals surface area contributed by atoms with Gasteiger partial charge in [0.15, 0.2) is 5.82 Å². The van der Waals surface area contributed by atoms with Gasteiger partial charge in [0, 0.05) is 26.2 Å². The van der Waals surface area contributed by atoms with Crippen LogP contribution in [0.4, 0.5) is 11.5 Å². The lowest BCUT2D eigenvalue weighted by Crippen LogP contribution is -2.36. The zero-order valence-corrected chi connectivity index (χ0v) is 13.3. The van der Waals surface area contributed by atoms with Gasteiger partial charge in [-0.3, -0.25) is 0 Å². The highest BCUT2D eigenvalue weighted by atomic mass is 15.4. The molecule has 2 N–H and O–H groups in total. The maximum Gasteiger partial charge on any atom is 0.150 e. The lowest BCUT2D eigenvalue weighted by molar-refractivity contribution is 0.406. The number of nitrogens with zero attached hydrogens (tertiary/aromatic N) is 4. The summed E-state index contributed by atoms with van der Waals surface area (Å²) < 4.78 is 2.02. The molecule has 0 aliphatic carbocycles. The van der Waals surface area contributed by atoms with Gasteiger partial charge in [0.1, 0.15) is 0 Å². The lowest BCUT2D eigenvalue weighted by atomic mass is 10.2. The molecule has 0 aliphatic rings. The Bertz CT molecular complexity index is 395. The van der Waals surface area contributed by atoms with Crippen molar-refractivity contribution >= 4 is 11.5 Å². The smallest absolute Gasteiger partial charge is 0.150 e. The van der Waals surface area contributed by atoms with Crippen molar-refractivity contribution in [3.05, 3.63) is 5.69 Å². The molecule has 0 saturated heterocycles. The van der Waals surface area contributed by atoms with E-state index >= 15 is 0 Å². The van der Waals surface area contributed by atoms with Gasteiger partial charge in [-0.25, -0.2) is 4.68 Å². The third kappa shape index (κ3) is 4.13. The summed E-state index contributed by atoms with van der Waals surface area (Å²) in [5, 5.41) is 4.52. The van der Waals surface area contributed by atoms with Crippen molar-refractivity contribution in [2.24, 2.45) is 5.92 Å². The molecule has 0 bridgehead atoms. The van der Waals surface area contributed by atoms with Crippen molar-refractivity contribution in [3.8, 4) is 0 Å². The van der Waals surface area contributed by atoms with Crippen LogP contribution >= 0.6 is 0 Å². The molecule has 0 fully saturated rings. The highest BCUT2D eigenvalue weighted by Crippen LogP contribution is 2.27. The van der Waals surface area contributed by atoms with Crippen LogP contribution in [0.5, 0.6) is 0 Å². The Morgan fingerprint density at radius 2 is 1.89 bits per heavy atom. The van der Waals surface area contributed by atoms with Gasteiger partial charge in [-0.15, -0.1) is 0 Å². The number of hydrogen-bond donors (Lipinski definition) is 1. The Kier molecular flexibility index (Phi) is 5.66. The van der Waals surface area contributed by atoms with Crippen LogP contribution in [0.25, 0.3) is 0 Å². The predicted molar refractivity (Wildman–Crippen MR) is 82.7 cm³/mol. The average Bonchev–Trinajstić information content (AvgIpc) is 2.60. The highest BCUT2D eigenvalue weighted by Gasteiger charge is 2.19. The van der Waals surface area contributed by atoms with Crippen LogP contribution in [-0.4, -0.2) is 48.4 Å². The van der Waals surface area contributed by atoms with Crippen molar-refractivity contribution in [1.82, 2.24) is 14.7 Å². The second kappa shape index (κ2) is 6.80. The number of aromatic nitrogens is 2. The summed E-state index contributed by atoms with van der Waals surface area (Å²) in [5.74, 6) is 1.68. The first-order chi connectivity index (χ1) is 8.86. The summed E-state index contributed by atoms with van der Waals surface area (Å²) in [6.45, 7) is 12.4. The molecule has 1 heterocycles. The Balaban J connectivity index is 3.01. The molecule has 0 aliphatic heterocycles. The largest absolute Gasteiger partial charge is 0.394 e. The van der Waals surface area contributed by atoms with Crippen molar-refractivity contribution in [2.45, 2.75) is 34.2 Å². The topological polar surface area (TPSA) is 50.3 Å². The maximum atomic E-state index is 6.22. The van der Waals surface area contributed by atoms with E-state index in [1.165, 1.54) is 0 Å². The Hall–Kier alpha value is -1.23. The summed E-state index contributed by atoms with van der Waals surface area (Å²) in [4.78, 5) is 4.56. The maximum absolute atomic E-state index is 6.22. The van der Waals surface area contributed by atoms with E-state index in [9.17, 15) is 0 Å². The molecule has 5 nitrogen and oxygen atoms in total. The van der Waals surface area contributed by atoms with Crippen LogP contribution in [0.1, 0.15) is 26.5 Å². The van der Waals surface area contributed by atoms with E-state index in [4.69, 9.17) is 5.73 Å². The normalized spacial score (nSPS) is 11.6. The van der Waals surface area contributed by atoms with Crippen molar-refractivity contribution < 1.29 is 0 Å². The van der Waals surface area contributed by atoms with Gasteiger partial charge in [0.2, 0.25) is 0 Å². The second-order valence-electron chi connectivity index (χ2n) is 5.78. The molecule has 0 amide bonds. The number of anilines is 2. The molecule has 1 aromatic heterocycles. The fourth-order valence-electron chi connectivity index (χ4n) is 2.18. The second-order valence-corrected chi connectivity index (χ2v) is 5.78. The van der Waals surface area contributed by atoms with Gasteiger partial charge in [0.25, 0.3) is 0 Å². The fraction of sp³-hybridized carbons (Fsp3) is 0.786. The number of likely N-dealkylation sites (N-methyl/N-ethyl adjacent to an activating group) is 1. The number of nitrogens with two attached hydrogens (primary N) is 1. The highest BCUT2D eigenvalue weighted by molar-refractivity contribution is 5.66. The summed E-state index contributed by atoms with van der Waals surface area (Å²) >= 11 is 0. The number of aryl methyl sites for hydroxylation is 2. The number of hydrogen-bond acceptors (Lipinski definition) is 4. The number of rotatable bonds is 7. The van der Waals surface area contributed by atoms with Crippen molar-refractivity contribution in [1.29, 1.82) is 0 Å². The van der Waals surface area contributed by atoms with Gasteiger partial charge >= 0.3 is 0 Å². The van der Waals surface area contributed by atoms with Crippen molar-refractivity contribution in [3.63, 3.8) is 0 Å². The first-order valence-electron chi connectivity index (χ1n) is 7.09. The van der Waals surface area contributed by atoms with Crippen LogP contribution in [0.2, 0.25) is 0 Å². The zero-order valence-electron chi connectivity index (χ0n) is 13.3. The molecule has 19 heavy (non-hydrogen) atoms. The molecular weight excluding hydrogens is 238 g/mol. The third-order valence-electron chi connectivity index (χ3n) is 3.15. The SMILES string of the molecule is CCn1nc(C)c(N)c1N(CCN(C)C)CC(C)C. The molecule has 0 radical (unpaired) electrons. The van der Waals surface area contributed by atoms with E-state index in [1.54, 1.807) is 0 Å². The van der Waals surface area contributed by atoms with Gasteiger partial charge in [0.05, 0.1) is 11.4 Å². The minimum Gasteiger partial charge on any atom is -0.394 e. The Labute approximate surface area is 117 Å². The van der Waals surface area contributed by atoms with Crippen LogP contribution in [0, 0.1) is 12.8 Å². The molecule has 0 spiro atoms. The van der Waals surface area contributed by atoms with E-state index < -0.39 is 0 Å². The molecule has 5 heteroatoms. The van der Waals surface area contributed by atoms with Gasteiger partial charge in [-0.05, 0) is 33.9 Å². The van der Waals surface area contributed by atoms with Crippen LogP contribution in [0.3, 0.4) is 0 Å². The van der Waals surface area contributed by atoms with Gasteiger partial charge < -0.3 is 15.5 Å². The predicted octanol–water partition coefficient (Wildman–Crippen LogP) is 1.82. The summed E-state index contributed by atoms with van der Waals surface area (Å²) in [6.07, 6.45) is 0. The van der Waals surface area contributed by atoms with Gasteiger partial charge in [-0.1, -0.05) is 13.8 Å². The summed E-state index contributed by atoms with van der Waals surface area (Å²) in [5.41, 5.74) is 7.97. The minimum atomic E-state index is 0.599. The van der Waals surface area contributed by atoms with E-state index in [-0.39, 0.29) is 0 Å². The monoisotopic (exact) mass is 267 g/mol. The van der Waals surface area contributed by atoms with E-state index in [0.717, 1.165) is 43.4 Å². The van der Waals surface area contributed by atoms with Gasteiger partial charge in [-0.2, -0.15) is 5.10 Å². The molecule has 0 atom stereocenters. The fourth-order valence-corrected chi connectivity index (χ4v) is 2.18. The molecule has 110 valence electrons. The van der Waals surface area contributed by atoms with E-state index in [0.29, 0.717) is 5.92 Å². The van der Waals surface area contributed by atoms with E-state index in [2.05, 4.69) is 49.8 Å². The molecular formula is C14H29N5. The minimum absolute atomic E-state index is 0.599. The quantitative estimate of drug-likeness (QED) is 0.818. The third-order valence-corrected chi connectivity index (χ3v) is 3.15. The Morgan fingerprint density at radius 1 is 1.26 bits per heavy atom. The molecule has 0 unspecified atom stereocenters. The molecule has 0 saturated carbocycles. The van der Waals surface area contributed by atoms with Crippen LogP contribution in [0.15, 0.2) is 0 Å². The van der Waals surface area contributed by atoms with E-state index in [1.807, 2.05) is 11.6 Å². The first-order valence-corrected chi connectivity index (χ1v) is 7.09. The molecule has 0 aromatic carbocycles. The van der Waals surface area contributed by atoms with Crippen LogP contribution in [-0.2, 0) is 6.54 Å². The summed E-state index contributed by atoms with van der Waals surface area (Å²) in [7, 11) is 4.19. The van der Waals surface area contributed by atoms with Crippen molar-refractivity contribution in [2.75, 3.05) is 44.4 Å². The standard InChI is InChI=1S/C14H29N5/c1-7-19-14(13(15)12(4)16-19)18(10-11(2)3)9-8-17(5)6/h11H,7-10,15H2,1-6H3.